The van der Waals surface area contributed by atoms with E-state index in [1.165, 1.54) is 6.42 Å². The number of pyridine rings is 1. The Morgan fingerprint density at radius 3 is 2.68 bits per heavy atom. The van der Waals surface area contributed by atoms with E-state index in [-0.39, 0.29) is 5.02 Å². The fourth-order valence-corrected chi connectivity index (χ4v) is 2.71. The number of halogens is 4. The molecule has 1 N–H and O–H groups in total. The smallest absolute Gasteiger partial charge is 0.369 e. The third kappa shape index (κ3) is 3.75. The van der Waals surface area contributed by atoms with Gasteiger partial charge in [0.25, 0.3) is 0 Å². The van der Waals surface area contributed by atoms with Crippen molar-refractivity contribution >= 4 is 17.4 Å². The van der Waals surface area contributed by atoms with Crippen LogP contribution in [0.1, 0.15) is 31.7 Å². The third-order valence-corrected chi connectivity index (χ3v) is 3.82. The molecule has 0 aliphatic heterocycles. The summed E-state index contributed by atoms with van der Waals surface area (Å²) in [5.74, 6) is 1.60. The zero-order valence-corrected chi connectivity index (χ0v) is 11.4. The van der Waals surface area contributed by atoms with E-state index in [2.05, 4.69) is 17.2 Å². The molecule has 2 nitrogen and oxygen atoms in total. The first-order chi connectivity index (χ1) is 8.86. The van der Waals surface area contributed by atoms with E-state index < -0.39 is 11.7 Å². The van der Waals surface area contributed by atoms with Crippen LogP contribution < -0.4 is 5.32 Å². The summed E-state index contributed by atoms with van der Waals surface area (Å²) < 4.78 is 37.4. The van der Waals surface area contributed by atoms with E-state index in [9.17, 15) is 13.2 Å². The maximum Gasteiger partial charge on any atom is 0.417 e. The standard InChI is InChI=1S/C13H16ClF3N2/c1-8-2-3-9(4-8)6-18-12-11(14)5-10(7-19-12)13(15,16)17/h5,7-9H,2-4,6H2,1H3,(H,18,19). The first kappa shape index (κ1) is 14.4. The van der Waals surface area contributed by atoms with Crippen LogP contribution in [0.3, 0.4) is 0 Å². The highest BCUT2D eigenvalue weighted by molar-refractivity contribution is 6.32. The molecule has 1 heterocycles. The van der Waals surface area contributed by atoms with Gasteiger partial charge in [-0.25, -0.2) is 4.98 Å². The molecule has 1 aromatic rings. The number of hydrogen-bond donors (Lipinski definition) is 1. The maximum atomic E-state index is 12.5. The normalized spacial score (nSPS) is 23.6. The zero-order chi connectivity index (χ0) is 14.0. The highest BCUT2D eigenvalue weighted by Crippen LogP contribution is 2.33. The highest BCUT2D eigenvalue weighted by atomic mass is 35.5. The Morgan fingerprint density at radius 1 is 1.42 bits per heavy atom. The molecular formula is C13H16ClF3N2. The molecule has 6 heteroatoms. The van der Waals surface area contributed by atoms with Crippen LogP contribution in [0, 0.1) is 11.8 Å². The first-order valence-corrected chi connectivity index (χ1v) is 6.70. The lowest BCUT2D eigenvalue weighted by Gasteiger charge is -2.14. The van der Waals surface area contributed by atoms with Gasteiger partial charge in [-0.2, -0.15) is 13.2 Å². The lowest BCUT2D eigenvalue weighted by molar-refractivity contribution is -0.137. The molecule has 106 valence electrons. The summed E-state index contributed by atoms with van der Waals surface area (Å²) in [5.41, 5.74) is -0.822. The van der Waals surface area contributed by atoms with E-state index in [0.717, 1.165) is 31.0 Å². The SMILES string of the molecule is CC1CCC(CNc2ncc(C(F)(F)F)cc2Cl)C1. The van der Waals surface area contributed by atoms with Gasteiger partial charge in [-0.1, -0.05) is 24.9 Å². The van der Waals surface area contributed by atoms with Crippen LogP contribution in [0.15, 0.2) is 12.3 Å². The third-order valence-electron chi connectivity index (χ3n) is 3.53. The second kappa shape index (κ2) is 5.57. The van der Waals surface area contributed by atoms with E-state index in [1.54, 1.807) is 0 Å². The Bertz CT molecular complexity index is 448. The quantitative estimate of drug-likeness (QED) is 0.880. The molecule has 0 saturated heterocycles. The predicted molar refractivity (Wildman–Crippen MR) is 69.2 cm³/mol. The molecule has 0 spiro atoms. The molecule has 2 unspecified atom stereocenters. The second-order valence-electron chi connectivity index (χ2n) is 5.22. The summed E-state index contributed by atoms with van der Waals surface area (Å²) in [6, 6.07) is 0.911. The van der Waals surface area contributed by atoms with Gasteiger partial charge in [-0.15, -0.1) is 0 Å². The number of hydrogen-bond acceptors (Lipinski definition) is 2. The van der Waals surface area contributed by atoms with Gasteiger partial charge < -0.3 is 5.32 Å². The van der Waals surface area contributed by atoms with Crippen molar-refractivity contribution in [2.75, 3.05) is 11.9 Å². The average molecular weight is 293 g/mol. The van der Waals surface area contributed by atoms with Gasteiger partial charge in [0.2, 0.25) is 0 Å². The molecule has 0 bridgehead atoms. The van der Waals surface area contributed by atoms with Gasteiger partial charge >= 0.3 is 6.18 Å². The largest absolute Gasteiger partial charge is 0.417 e. The lowest BCUT2D eigenvalue weighted by Crippen LogP contribution is -2.13. The van der Waals surface area contributed by atoms with Crippen molar-refractivity contribution < 1.29 is 13.2 Å². The van der Waals surface area contributed by atoms with Crippen LogP contribution in [0.2, 0.25) is 5.02 Å². The Morgan fingerprint density at radius 2 is 2.16 bits per heavy atom. The summed E-state index contributed by atoms with van der Waals surface area (Å²) in [5, 5.41) is 3.06. The minimum Gasteiger partial charge on any atom is -0.369 e. The topological polar surface area (TPSA) is 24.9 Å². The molecule has 0 radical (unpaired) electrons. The van der Waals surface area contributed by atoms with Gasteiger partial charge in [0.05, 0.1) is 10.6 Å². The maximum absolute atomic E-state index is 12.5. The fraction of sp³-hybridized carbons (Fsp3) is 0.615. The molecule has 0 amide bonds. The molecule has 1 aliphatic carbocycles. The van der Waals surface area contributed by atoms with E-state index in [1.807, 2.05) is 0 Å². The number of rotatable bonds is 3. The Hall–Kier alpha value is -0.970. The van der Waals surface area contributed by atoms with Gasteiger partial charge in [0, 0.05) is 12.7 Å². The van der Waals surface area contributed by atoms with Crippen LogP contribution in [0.25, 0.3) is 0 Å². The van der Waals surface area contributed by atoms with Gasteiger partial charge in [-0.3, -0.25) is 0 Å². The minimum absolute atomic E-state index is 0.0147. The monoisotopic (exact) mass is 292 g/mol. The van der Waals surface area contributed by atoms with Crippen LogP contribution in [0.4, 0.5) is 19.0 Å². The van der Waals surface area contributed by atoms with Crippen molar-refractivity contribution in [3.63, 3.8) is 0 Å². The summed E-state index contributed by atoms with van der Waals surface area (Å²) in [6.07, 6.45) is -0.0975. The number of nitrogens with one attached hydrogen (secondary N) is 1. The Labute approximate surface area is 115 Å². The van der Waals surface area contributed by atoms with Crippen molar-refractivity contribution in [2.24, 2.45) is 11.8 Å². The summed E-state index contributed by atoms with van der Waals surface area (Å²) in [4.78, 5) is 3.76. The van der Waals surface area contributed by atoms with E-state index in [4.69, 9.17) is 11.6 Å². The predicted octanol–water partition coefficient (Wildman–Crippen LogP) is 4.60. The van der Waals surface area contributed by atoms with E-state index in [0.29, 0.717) is 18.3 Å². The number of alkyl halides is 3. The molecule has 1 aromatic heterocycles. The van der Waals surface area contributed by atoms with Crippen LogP contribution in [-0.2, 0) is 6.18 Å². The highest BCUT2D eigenvalue weighted by Gasteiger charge is 2.31. The van der Waals surface area contributed by atoms with Crippen molar-refractivity contribution in [1.82, 2.24) is 4.98 Å². The van der Waals surface area contributed by atoms with Crippen molar-refractivity contribution in [2.45, 2.75) is 32.4 Å². The zero-order valence-electron chi connectivity index (χ0n) is 10.6. The number of nitrogens with zero attached hydrogens (tertiary/aromatic N) is 1. The fourth-order valence-electron chi connectivity index (χ4n) is 2.47. The lowest BCUT2D eigenvalue weighted by atomic mass is 10.1. The molecule has 1 fully saturated rings. The molecule has 2 atom stereocenters. The molecule has 19 heavy (non-hydrogen) atoms. The van der Waals surface area contributed by atoms with Gasteiger partial charge in [0.15, 0.2) is 0 Å². The van der Waals surface area contributed by atoms with Crippen molar-refractivity contribution in [3.05, 3.63) is 22.8 Å². The molecular weight excluding hydrogens is 277 g/mol. The van der Waals surface area contributed by atoms with E-state index >= 15 is 0 Å². The van der Waals surface area contributed by atoms with Gasteiger partial charge in [-0.05, 0) is 30.7 Å². The molecule has 2 rings (SSSR count). The first-order valence-electron chi connectivity index (χ1n) is 6.33. The van der Waals surface area contributed by atoms with Gasteiger partial charge in [0.1, 0.15) is 5.82 Å². The van der Waals surface area contributed by atoms with Crippen LogP contribution in [0.5, 0.6) is 0 Å². The molecule has 0 aromatic carbocycles. The summed E-state index contributed by atoms with van der Waals surface area (Å²) in [6.45, 7) is 2.92. The minimum atomic E-state index is -4.41. The van der Waals surface area contributed by atoms with Crippen molar-refractivity contribution in [3.8, 4) is 0 Å². The Balaban J connectivity index is 1.98. The average Bonchev–Trinajstić information content (AvgIpc) is 2.72. The van der Waals surface area contributed by atoms with Crippen LogP contribution >= 0.6 is 11.6 Å². The number of aromatic nitrogens is 1. The second-order valence-corrected chi connectivity index (χ2v) is 5.62. The van der Waals surface area contributed by atoms with Crippen LogP contribution in [-0.4, -0.2) is 11.5 Å². The van der Waals surface area contributed by atoms with Crippen molar-refractivity contribution in [1.29, 1.82) is 0 Å². The summed E-state index contributed by atoms with van der Waals surface area (Å²) >= 11 is 5.82. The number of anilines is 1. The Kier molecular flexibility index (Phi) is 4.23. The summed E-state index contributed by atoms with van der Waals surface area (Å²) in [7, 11) is 0. The molecule has 1 aliphatic rings. The molecule has 1 saturated carbocycles.